The summed E-state index contributed by atoms with van der Waals surface area (Å²) in [4.78, 5) is 28.9. The zero-order valence-corrected chi connectivity index (χ0v) is 15.4. The molecule has 0 spiro atoms. The largest absolute Gasteiger partial charge is 0.444 e. The molecule has 2 aliphatic rings. The molecule has 1 aromatic carbocycles. The van der Waals surface area contributed by atoms with Crippen molar-refractivity contribution < 1.29 is 14.3 Å². The minimum Gasteiger partial charge on any atom is -0.444 e. The van der Waals surface area contributed by atoms with Crippen LogP contribution in [0.15, 0.2) is 24.3 Å². The number of nitrogens with zero attached hydrogens (tertiary/aromatic N) is 2. The summed E-state index contributed by atoms with van der Waals surface area (Å²) < 4.78 is 5.49. The quantitative estimate of drug-likeness (QED) is 0.847. The molecular formula is C19H27N3O3. The minimum atomic E-state index is -0.544. The zero-order chi connectivity index (χ0) is 18.2. The summed E-state index contributed by atoms with van der Waals surface area (Å²) in [6, 6.07) is 7.72. The zero-order valence-electron chi connectivity index (χ0n) is 15.4. The fourth-order valence-electron chi connectivity index (χ4n) is 3.31. The van der Waals surface area contributed by atoms with Gasteiger partial charge in [0.25, 0.3) is 0 Å². The van der Waals surface area contributed by atoms with Crippen molar-refractivity contribution in [3.8, 4) is 0 Å². The van der Waals surface area contributed by atoms with Gasteiger partial charge in [0.15, 0.2) is 0 Å². The van der Waals surface area contributed by atoms with Crippen molar-refractivity contribution in [1.82, 2.24) is 15.1 Å². The molecule has 136 valence electrons. The van der Waals surface area contributed by atoms with Crippen LogP contribution in [0.4, 0.5) is 4.79 Å². The van der Waals surface area contributed by atoms with E-state index in [1.165, 1.54) is 11.1 Å². The lowest BCUT2D eigenvalue weighted by Gasteiger charge is -2.39. The lowest BCUT2D eigenvalue weighted by Crippen LogP contribution is -2.62. The molecule has 0 aromatic heterocycles. The molecule has 6 nitrogen and oxygen atoms in total. The van der Waals surface area contributed by atoms with Gasteiger partial charge in [-0.3, -0.25) is 4.79 Å². The third-order valence-corrected chi connectivity index (χ3v) is 4.65. The van der Waals surface area contributed by atoms with Crippen LogP contribution in [0.2, 0.25) is 0 Å². The van der Waals surface area contributed by atoms with Crippen LogP contribution in [0.5, 0.6) is 0 Å². The molecule has 6 heteroatoms. The van der Waals surface area contributed by atoms with Crippen molar-refractivity contribution in [2.24, 2.45) is 0 Å². The van der Waals surface area contributed by atoms with Gasteiger partial charge >= 0.3 is 6.09 Å². The summed E-state index contributed by atoms with van der Waals surface area (Å²) >= 11 is 0. The molecule has 3 rings (SSSR count). The normalized spacial score (nSPS) is 23.4. The molecule has 2 aliphatic heterocycles. The number of benzene rings is 1. The molecule has 1 saturated heterocycles. The number of rotatable bonds is 1. The fourth-order valence-corrected chi connectivity index (χ4v) is 3.31. The Morgan fingerprint density at radius 2 is 1.76 bits per heavy atom. The third-order valence-electron chi connectivity index (χ3n) is 4.65. The predicted molar refractivity (Wildman–Crippen MR) is 94.9 cm³/mol. The maximum absolute atomic E-state index is 12.9. The highest BCUT2D eigenvalue weighted by molar-refractivity contribution is 5.83. The number of ether oxygens (including phenoxy) is 1. The Hall–Kier alpha value is -2.08. The highest BCUT2D eigenvalue weighted by atomic mass is 16.6. The second-order valence-electron chi connectivity index (χ2n) is 7.91. The van der Waals surface area contributed by atoms with E-state index < -0.39 is 11.6 Å². The highest BCUT2D eigenvalue weighted by Crippen LogP contribution is 2.24. The van der Waals surface area contributed by atoms with Crippen molar-refractivity contribution in [3.63, 3.8) is 0 Å². The number of amides is 2. The van der Waals surface area contributed by atoms with Gasteiger partial charge in [-0.15, -0.1) is 0 Å². The van der Waals surface area contributed by atoms with Gasteiger partial charge in [0, 0.05) is 32.2 Å². The van der Waals surface area contributed by atoms with E-state index in [0.29, 0.717) is 26.2 Å². The number of hydrogen-bond acceptors (Lipinski definition) is 4. The van der Waals surface area contributed by atoms with Gasteiger partial charge in [-0.2, -0.15) is 0 Å². The Balaban J connectivity index is 1.65. The average Bonchev–Trinajstić information content (AvgIpc) is 2.97. The molecular weight excluding hydrogens is 318 g/mol. The number of hydrogen-bond donors (Lipinski definition) is 1. The van der Waals surface area contributed by atoms with E-state index in [0.717, 1.165) is 0 Å². The van der Waals surface area contributed by atoms with E-state index in [1.54, 1.807) is 4.90 Å². The van der Waals surface area contributed by atoms with Crippen LogP contribution in [0.3, 0.4) is 0 Å². The number of fused-ring (bicyclic) bond motifs is 1. The molecule has 0 radical (unpaired) electrons. The van der Waals surface area contributed by atoms with Gasteiger partial charge in [-0.1, -0.05) is 24.3 Å². The van der Waals surface area contributed by atoms with Gasteiger partial charge in [-0.05, 0) is 38.8 Å². The number of carbonyl (C=O) groups is 2. The maximum Gasteiger partial charge on any atom is 0.410 e. The van der Waals surface area contributed by atoms with E-state index in [1.807, 2.05) is 44.7 Å². The van der Waals surface area contributed by atoms with Crippen molar-refractivity contribution in [2.75, 3.05) is 13.1 Å². The van der Waals surface area contributed by atoms with Crippen LogP contribution in [-0.2, 0) is 22.6 Å². The lowest BCUT2D eigenvalue weighted by atomic mass is 10.1. The maximum atomic E-state index is 12.9. The van der Waals surface area contributed by atoms with Crippen LogP contribution in [0.1, 0.15) is 38.8 Å². The van der Waals surface area contributed by atoms with Gasteiger partial charge in [-0.25, -0.2) is 4.79 Å². The SMILES string of the molecule is C[C@@H]1CN[C@H](C(=O)N2Cc3ccccc3C2)CN1C(=O)OC(C)(C)C. The van der Waals surface area contributed by atoms with Crippen LogP contribution in [0.25, 0.3) is 0 Å². The molecule has 2 atom stereocenters. The number of piperazine rings is 1. The molecule has 0 saturated carbocycles. The third kappa shape index (κ3) is 3.95. The van der Waals surface area contributed by atoms with Crippen LogP contribution in [-0.4, -0.2) is 52.6 Å². The molecule has 1 N–H and O–H groups in total. The van der Waals surface area contributed by atoms with Crippen molar-refractivity contribution >= 4 is 12.0 Å². The first-order valence-electron chi connectivity index (χ1n) is 8.83. The highest BCUT2D eigenvalue weighted by Gasteiger charge is 2.37. The smallest absolute Gasteiger partial charge is 0.410 e. The first kappa shape index (κ1) is 17.7. The summed E-state index contributed by atoms with van der Waals surface area (Å²) in [6.07, 6.45) is -0.357. The van der Waals surface area contributed by atoms with Gasteiger partial charge in [0.1, 0.15) is 11.6 Å². The van der Waals surface area contributed by atoms with Gasteiger partial charge in [0.2, 0.25) is 5.91 Å². The van der Waals surface area contributed by atoms with E-state index >= 15 is 0 Å². The Morgan fingerprint density at radius 1 is 1.16 bits per heavy atom. The topological polar surface area (TPSA) is 61.9 Å². The predicted octanol–water partition coefficient (Wildman–Crippen LogP) is 2.13. The molecule has 1 fully saturated rings. The second-order valence-corrected chi connectivity index (χ2v) is 7.91. The standard InChI is InChI=1S/C19H27N3O3/c1-13-9-20-16(12-22(13)18(24)25-19(2,3)4)17(23)21-10-14-7-5-6-8-15(14)11-21/h5-8,13,16,20H,9-12H2,1-4H3/t13-,16+/m1/s1. The van der Waals surface area contributed by atoms with Crippen molar-refractivity contribution in [1.29, 1.82) is 0 Å². The molecule has 0 unspecified atom stereocenters. The first-order chi connectivity index (χ1) is 11.7. The van der Waals surface area contributed by atoms with E-state index in [4.69, 9.17) is 4.74 Å². The molecule has 1 aromatic rings. The minimum absolute atomic E-state index is 0.00493. The number of carbonyl (C=O) groups excluding carboxylic acids is 2. The average molecular weight is 345 g/mol. The first-order valence-corrected chi connectivity index (χ1v) is 8.83. The monoisotopic (exact) mass is 345 g/mol. The van der Waals surface area contributed by atoms with Crippen LogP contribution in [0, 0.1) is 0 Å². The summed E-state index contributed by atoms with van der Waals surface area (Å²) in [5, 5.41) is 3.28. The molecule has 0 aliphatic carbocycles. The Kier molecular flexibility index (Phi) is 4.73. The summed E-state index contributed by atoms with van der Waals surface area (Å²) in [6.45, 7) is 9.69. The number of nitrogens with one attached hydrogen (secondary N) is 1. The van der Waals surface area contributed by atoms with Gasteiger partial charge in [0.05, 0.1) is 0 Å². The summed E-state index contributed by atoms with van der Waals surface area (Å²) in [5.41, 5.74) is 1.85. The van der Waals surface area contributed by atoms with Crippen LogP contribution < -0.4 is 5.32 Å². The van der Waals surface area contributed by atoms with E-state index in [-0.39, 0.29) is 18.0 Å². The lowest BCUT2D eigenvalue weighted by molar-refractivity contribution is -0.135. The van der Waals surface area contributed by atoms with Crippen molar-refractivity contribution in [2.45, 2.75) is 58.5 Å². The van der Waals surface area contributed by atoms with Crippen LogP contribution >= 0.6 is 0 Å². The second kappa shape index (κ2) is 6.67. The van der Waals surface area contributed by atoms with Crippen molar-refractivity contribution in [3.05, 3.63) is 35.4 Å². The molecule has 2 amide bonds. The molecule has 2 heterocycles. The Labute approximate surface area is 149 Å². The summed E-state index contributed by atoms with van der Waals surface area (Å²) in [7, 11) is 0. The summed E-state index contributed by atoms with van der Waals surface area (Å²) in [5.74, 6) is 0.0386. The van der Waals surface area contributed by atoms with E-state index in [9.17, 15) is 9.59 Å². The fraction of sp³-hybridized carbons (Fsp3) is 0.579. The molecule has 0 bridgehead atoms. The Morgan fingerprint density at radius 3 is 2.32 bits per heavy atom. The van der Waals surface area contributed by atoms with Gasteiger partial charge < -0.3 is 19.9 Å². The Bertz CT molecular complexity index is 643. The van der Waals surface area contributed by atoms with E-state index in [2.05, 4.69) is 17.4 Å². The molecule has 25 heavy (non-hydrogen) atoms.